The molecule has 0 saturated heterocycles. The van der Waals surface area contributed by atoms with Crippen molar-refractivity contribution >= 4 is 22.7 Å². The molecule has 5 nitrogen and oxygen atoms in total. The second-order valence-electron chi connectivity index (χ2n) is 5.26. The molecule has 0 bridgehead atoms. The maximum atomic E-state index is 11.2. The van der Waals surface area contributed by atoms with Gasteiger partial charge in [0, 0.05) is 24.0 Å². The Balaban J connectivity index is 2.23. The molecular weight excluding hydrogens is 278 g/mol. The summed E-state index contributed by atoms with van der Waals surface area (Å²) in [5.41, 5.74) is 3.43. The van der Waals surface area contributed by atoms with Crippen LogP contribution >= 0.6 is 0 Å². The molecule has 2 N–H and O–H groups in total. The first-order chi connectivity index (χ1) is 10.6. The normalized spacial score (nSPS) is 10.3. The average molecular weight is 299 g/mol. The Labute approximate surface area is 130 Å². The van der Waals surface area contributed by atoms with Gasteiger partial charge in [0.2, 0.25) is 0 Å². The van der Waals surface area contributed by atoms with Gasteiger partial charge >= 0.3 is 0 Å². The number of unbranched alkanes of at least 4 members (excludes halogenated alkanes) is 1. The average Bonchev–Trinajstić information content (AvgIpc) is 2.50. The molecule has 0 amide bonds. The number of hydrogen-bond acceptors (Lipinski definition) is 4. The van der Waals surface area contributed by atoms with E-state index in [-0.39, 0.29) is 10.6 Å². The number of nitrogens with one attached hydrogen (secondary N) is 2. The third-order valence-corrected chi connectivity index (χ3v) is 3.38. The number of rotatable bonds is 7. The molecule has 2 aromatic carbocycles. The highest BCUT2D eigenvalue weighted by atomic mass is 16.6. The van der Waals surface area contributed by atoms with Gasteiger partial charge in [-0.15, -0.1) is 0 Å². The highest BCUT2D eigenvalue weighted by Crippen LogP contribution is 2.30. The maximum absolute atomic E-state index is 11.2. The lowest BCUT2D eigenvalue weighted by Crippen LogP contribution is -2.03. The smallest absolute Gasteiger partial charge is 0.292 e. The molecule has 0 aliphatic rings. The minimum Gasteiger partial charge on any atom is -0.385 e. The number of benzene rings is 2. The van der Waals surface area contributed by atoms with E-state index in [0.29, 0.717) is 5.69 Å². The van der Waals surface area contributed by atoms with E-state index >= 15 is 0 Å². The molecule has 0 atom stereocenters. The molecule has 0 heterocycles. The molecule has 2 rings (SSSR count). The van der Waals surface area contributed by atoms with E-state index in [1.54, 1.807) is 12.1 Å². The summed E-state index contributed by atoms with van der Waals surface area (Å²) < 4.78 is 0. The zero-order chi connectivity index (χ0) is 15.9. The Kier molecular flexibility index (Phi) is 5.36. The van der Waals surface area contributed by atoms with Crippen LogP contribution < -0.4 is 10.6 Å². The fourth-order valence-corrected chi connectivity index (χ4v) is 2.11. The molecular formula is C17H21N3O2. The highest BCUT2D eigenvalue weighted by molar-refractivity contribution is 5.73. The van der Waals surface area contributed by atoms with Gasteiger partial charge in [0.25, 0.3) is 5.69 Å². The van der Waals surface area contributed by atoms with E-state index in [2.05, 4.69) is 17.6 Å². The summed E-state index contributed by atoms with van der Waals surface area (Å²) in [6.45, 7) is 4.99. The second-order valence-corrected chi connectivity index (χ2v) is 5.26. The van der Waals surface area contributed by atoms with Crippen molar-refractivity contribution in [1.29, 1.82) is 0 Å². The molecule has 22 heavy (non-hydrogen) atoms. The summed E-state index contributed by atoms with van der Waals surface area (Å²) in [6.07, 6.45) is 2.17. The fourth-order valence-electron chi connectivity index (χ4n) is 2.11. The van der Waals surface area contributed by atoms with Crippen molar-refractivity contribution in [3.8, 4) is 0 Å². The standard InChI is InChI=1S/C17H21N3O2/c1-3-4-11-18-15-9-10-17(20(21)22)16(12-15)19-14-7-5-13(2)6-8-14/h5-10,12,18-19H,3-4,11H2,1-2H3. The highest BCUT2D eigenvalue weighted by Gasteiger charge is 2.14. The van der Waals surface area contributed by atoms with Crippen molar-refractivity contribution in [3.05, 3.63) is 58.1 Å². The Morgan fingerprint density at radius 2 is 1.77 bits per heavy atom. The fraction of sp³-hybridized carbons (Fsp3) is 0.294. The lowest BCUT2D eigenvalue weighted by Gasteiger charge is -2.11. The van der Waals surface area contributed by atoms with Gasteiger partial charge in [0.05, 0.1) is 4.92 Å². The van der Waals surface area contributed by atoms with Crippen molar-refractivity contribution in [2.24, 2.45) is 0 Å². The summed E-state index contributed by atoms with van der Waals surface area (Å²) in [6, 6.07) is 12.8. The minimum absolute atomic E-state index is 0.0709. The van der Waals surface area contributed by atoms with Crippen LogP contribution in [0.15, 0.2) is 42.5 Å². The molecule has 0 aliphatic heterocycles. The van der Waals surface area contributed by atoms with Crippen molar-refractivity contribution < 1.29 is 4.92 Å². The Hall–Kier alpha value is -2.56. The quantitative estimate of drug-likeness (QED) is 0.435. The zero-order valence-electron chi connectivity index (χ0n) is 12.9. The van der Waals surface area contributed by atoms with Crippen LogP contribution in [-0.2, 0) is 0 Å². The molecule has 0 aromatic heterocycles. The molecule has 116 valence electrons. The Bertz CT molecular complexity index is 639. The molecule has 0 unspecified atom stereocenters. The monoisotopic (exact) mass is 299 g/mol. The van der Waals surface area contributed by atoms with E-state index in [1.807, 2.05) is 31.2 Å². The third kappa shape index (κ3) is 4.22. The minimum atomic E-state index is -0.369. The topological polar surface area (TPSA) is 67.2 Å². The SMILES string of the molecule is CCCCNc1ccc([N+](=O)[O-])c(Nc2ccc(C)cc2)c1. The molecule has 0 aliphatic carbocycles. The molecule has 2 aromatic rings. The van der Waals surface area contributed by atoms with Gasteiger partial charge < -0.3 is 10.6 Å². The van der Waals surface area contributed by atoms with Gasteiger partial charge in [-0.3, -0.25) is 10.1 Å². The predicted molar refractivity (Wildman–Crippen MR) is 91.0 cm³/mol. The van der Waals surface area contributed by atoms with Gasteiger partial charge in [-0.25, -0.2) is 0 Å². The summed E-state index contributed by atoms with van der Waals surface area (Å²) in [5.74, 6) is 0. The van der Waals surface area contributed by atoms with Crippen molar-refractivity contribution in [2.75, 3.05) is 17.2 Å². The number of aryl methyl sites for hydroxylation is 1. The number of hydrogen-bond donors (Lipinski definition) is 2. The van der Waals surface area contributed by atoms with Crippen molar-refractivity contribution in [3.63, 3.8) is 0 Å². The molecule has 5 heteroatoms. The molecule has 0 saturated carbocycles. The van der Waals surface area contributed by atoms with E-state index in [4.69, 9.17) is 0 Å². The number of nitro groups is 1. The van der Waals surface area contributed by atoms with Crippen LogP contribution in [0.4, 0.5) is 22.7 Å². The lowest BCUT2D eigenvalue weighted by atomic mass is 10.2. The molecule has 0 radical (unpaired) electrons. The van der Waals surface area contributed by atoms with Crippen LogP contribution in [0, 0.1) is 17.0 Å². The van der Waals surface area contributed by atoms with Gasteiger partial charge in [-0.05, 0) is 37.6 Å². The van der Waals surface area contributed by atoms with Crippen LogP contribution in [-0.4, -0.2) is 11.5 Å². The summed E-state index contributed by atoms with van der Waals surface area (Å²) in [5, 5.41) is 17.6. The largest absolute Gasteiger partial charge is 0.385 e. The van der Waals surface area contributed by atoms with Crippen molar-refractivity contribution in [2.45, 2.75) is 26.7 Å². The van der Waals surface area contributed by atoms with Gasteiger partial charge in [-0.1, -0.05) is 31.0 Å². The first-order valence-corrected chi connectivity index (χ1v) is 7.46. The Morgan fingerprint density at radius 3 is 2.41 bits per heavy atom. The summed E-state index contributed by atoms with van der Waals surface area (Å²) in [7, 11) is 0. The number of nitrogens with zero attached hydrogens (tertiary/aromatic N) is 1. The van der Waals surface area contributed by atoms with Crippen LogP contribution in [0.25, 0.3) is 0 Å². The van der Waals surface area contributed by atoms with Gasteiger partial charge in [0.1, 0.15) is 5.69 Å². The van der Waals surface area contributed by atoms with E-state index in [9.17, 15) is 10.1 Å². The van der Waals surface area contributed by atoms with E-state index in [1.165, 1.54) is 6.07 Å². The first kappa shape index (κ1) is 15.8. The van der Waals surface area contributed by atoms with Crippen LogP contribution in [0.3, 0.4) is 0 Å². The summed E-state index contributed by atoms with van der Waals surface area (Å²) in [4.78, 5) is 10.8. The maximum Gasteiger partial charge on any atom is 0.292 e. The molecule has 0 spiro atoms. The summed E-state index contributed by atoms with van der Waals surface area (Å²) >= 11 is 0. The lowest BCUT2D eigenvalue weighted by molar-refractivity contribution is -0.383. The van der Waals surface area contributed by atoms with Gasteiger partial charge in [0.15, 0.2) is 0 Å². The predicted octanol–water partition coefficient (Wildman–Crippen LogP) is 4.86. The Morgan fingerprint density at radius 1 is 1.09 bits per heavy atom. The second kappa shape index (κ2) is 7.45. The van der Waals surface area contributed by atoms with Crippen LogP contribution in [0.1, 0.15) is 25.3 Å². The number of anilines is 3. The van der Waals surface area contributed by atoms with Crippen LogP contribution in [0.2, 0.25) is 0 Å². The zero-order valence-corrected chi connectivity index (χ0v) is 12.9. The van der Waals surface area contributed by atoms with E-state index in [0.717, 1.165) is 36.3 Å². The number of nitro benzene ring substituents is 1. The van der Waals surface area contributed by atoms with Crippen molar-refractivity contribution in [1.82, 2.24) is 0 Å². The van der Waals surface area contributed by atoms with Gasteiger partial charge in [-0.2, -0.15) is 0 Å². The molecule has 0 fully saturated rings. The van der Waals surface area contributed by atoms with E-state index < -0.39 is 0 Å². The third-order valence-electron chi connectivity index (χ3n) is 3.38. The first-order valence-electron chi connectivity index (χ1n) is 7.46. The van der Waals surface area contributed by atoms with Crippen LogP contribution in [0.5, 0.6) is 0 Å².